The summed E-state index contributed by atoms with van der Waals surface area (Å²) in [7, 11) is 0. The Morgan fingerprint density at radius 3 is 2.68 bits per heavy atom. The first-order chi connectivity index (χ1) is 8.99. The molecule has 0 aliphatic heterocycles. The van der Waals surface area contributed by atoms with Crippen LogP contribution in [0.25, 0.3) is 10.9 Å². The summed E-state index contributed by atoms with van der Waals surface area (Å²) in [5.74, 6) is 0.686. The number of pyridine rings is 1. The Balaban J connectivity index is 2.24. The Labute approximate surface area is 114 Å². The number of hydrogen-bond donors (Lipinski definition) is 1. The summed E-state index contributed by atoms with van der Waals surface area (Å²) in [6.07, 6.45) is 1.03. The van der Waals surface area contributed by atoms with Gasteiger partial charge in [0.2, 0.25) is 0 Å². The van der Waals surface area contributed by atoms with Crippen LogP contribution in [0, 0.1) is 16.7 Å². The molecule has 0 aliphatic rings. The van der Waals surface area contributed by atoms with Crippen molar-refractivity contribution in [1.29, 1.82) is 5.26 Å². The Hall–Kier alpha value is -2.08. The number of nitrogens with one attached hydrogen (secondary N) is 1. The van der Waals surface area contributed by atoms with E-state index in [-0.39, 0.29) is 5.41 Å². The van der Waals surface area contributed by atoms with Gasteiger partial charge in [-0.2, -0.15) is 5.26 Å². The lowest BCUT2D eigenvalue weighted by molar-refractivity contribution is 0.389. The van der Waals surface area contributed by atoms with Crippen LogP contribution < -0.4 is 5.32 Å². The van der Waals surface area contributed by atoms with Crippen molar-refractivity contribution < 1.29 is 0 Å². The van der Waals surface area contributed by atoms with Gasteiger partial charge < -0.3 is 5.32 Å². The minimum Gasteiger partial charge on any atom is -0.369 e. The van der Waals surface area contributed by atoms with Crippen molar-refractivity contribution in [2.24, 2.45) is 5.41 Å². The van der Waals surface area contributed by atoms with E-state index in [0.29, 0.717) is 11.4 Å². The lowest BCUT2D eigenvalue weighted by atomic mass is 9.92. The number of aromatic nitrogens is 1. The van der Waals surface area contributed by atoms with Gasteiger partial charge >= 0.3 is 0 Å². The van der Waals surface area contributed by atoms with Crippen LogP contribution in [0.1, 0.15) is 32.8 Å². The van der Waals surface area contributed by atoms with Crippen molar-refractivity contribution in [3.8, 4) is 6.07 Å². The first-order valence-corrected chi connectivity index (χ1v) is 6.53. The van der Waals surface area contributed by atoms with Crippen molar-refractivity contribution >= 4 is 16.7 Å². The second-order valence-corrected chi connectivity index (χ2v) is 5.93. The third-order valence-electron chi connectivity index (χ3n) is 3.01. The predicted octanol–water partition coefficient (Wildman–Crippen LogP) is 3.95. The summed E-state index contributed by atoms with van der Waals surface area (Å²) in [4.78, 5) is 4.53. The highest BCUT2D eigenvalue weighted by Gasteiger charge is 2.11. The first-order valence-electron chi connectivity index (χ1n) is 6.53. The molecule has 0 bridgehead atoms. The van der Waals surface area contributed by atoms with Crippen molar-refractivity contribution in [2.45, 2.75) is 27.2 Å². The molecule has 0 spiro atoms. The van der Waals surface area contributed by atoms with Crippen molar-refractivity contribution in [2.75, 3.05) is 11.9 Å². The monoisotopic (exact) mass is 253 g/mol. The molecule has 0 fully saturated rings. The number of fused-ring (bicyclic) bond motifs is 1. The maximum absolute atomic E-state index is 9.21. The molecule has 0 amide bonds. The van der Waals surface area contributed by atoms with Gasteiger partial charge in [-0.05, 0) is 24.0 Å². The fraction of sp³-hybridized carbons (Fsp3) is 0.375. The van der Waals surface area contributed by atoms with Crippen LogP contribution in [-0.2, 0) is 0 Å². The zero-order chi connectivity index (χ0) is 13.9. The van der Waals surface area contributed by atoms with Gasteiger partial charge in [0.1, 0.15) is 11.9 Å². The van der Waals surface area contributed by atoms with Crippen LogP contribution in [0.3, 0.4) is 0 Å². The van der Waals surface area contributed by atoms with E-state index in [0.717, 1.165) is 23.9 Å². The molecule has 0 radical (unpaired) electrons. The van der Waals surface area contributed by atoms with Crippen LogP contribution in [0.15, 0.2) is 30.3 Å². The average Bonchev–Trinajstić information content (AvgIpc) is 2.36. The van der Waals surface area contributed by atoms with Crippen LogP contribution >= 0.6 is 0 Å². The number of rotatable bonds is 3. The van der Waals surface area contributed by atoms with Gasteiger partial charge in [-0.15, -0.1) is 0 Å². The van der Waals surface area contributed by atoms with E-state index >= 15 is 0 Å². The summed E-state index contributed by atoms with van der Waals surface area (Å²) in [6, 6.07) is 12.0. The van der Waals surface area contributed by atoms with Crippen molar-refractivity contribution in [3.63, 3.8) is 0 Å². The van der Waals surface area contributed by atoms with E-state index in [9.17, 15) is 5.26 Å². The molecule has 3 heteroatoms. The van der Waals surface area contributed by atoms with Crippen molar-refractivity contribution in [3.05, 3.63) is 35.9 Å². The molecule has 2 aromatic rings. The molecule has 1 aromatic heterocycles. The molecule has 19 heavy (non-hydrogen) atoms. The summed E-state index contributed by atoms with van der Waals surface area (Å²) in [5.41, 5.74) is 1.80. The minimum absolute atomic E-state index is 0.274. The van der Waals surface area contributed by atoms with Gasteiger partial charge in [0.05, 0.1) is 11.1 Å². The van der Waals surface area contributed by atoms with Gasteiger partial charge in [-0.3, -0.25) is 0 Å². The van der Waals surface area contributed by atoms with Gasteiger partial charge in [0.15, 0.2) is 0 Å². The lowest BCUT2D eigenvalue weighted by Crippen LogP contribution is -2.14. The summed E-state index contributed by atoms with van der Waals surface area (Å²) in [6.45, 7) is 7.43. The van der Waals surface area contributed by atoms with E-state index in [1.165, 1.54) is 0 Å². The molecule has 2 rings (SSSR count). The molecule has 1 heterocycles. The van der Waals surface area contributed by atoms with E-state index in [1.54, 1.807) is 0 Å². The lowest BCUT2D eigenvalue weighted by Gasteiger charge is -2.18. The third-order valence-corrected chi connectivity index (χ3v) is 3.01. The van der Waals surface area contributed by atoms with Gasteiger partial charge in [0.25, 0.3) is 0 Å². The summed E-state index contributed by atoms with van der Waals surface area (Å²) < 4.78 is 0. The third kappa shape index (κ3) is 3.45. The van der Waals surface area contributed by atoms with E-state index in [1.807, 2.05) is 30.3 Å². The molecule has 0 saturated heterocycles. The smallest absolute Gasteiger partial charge is 0.144 e. The molecule has 1 aromatic carbocycles. The van der Waals surface area contributed by atoms with E-state index in [4.69, 9.17) is 0 Å². The summed E-state index contributed by atoms with van der Waals surface area (Å²) >= 11 is 0. The van der Waals surface area contributed by atoms with Crippen LogP contribution in [-0.4, -0.2) is 11.5 Å². The summed E-state index contributed by atoms with van der Waals surface area (Å²) in [5, 5.41) is 13.5. The zero-order valence-corrected chi connectivity index (χ0v) is 11.7. The highest BCUT2D eigenvalue weighted by Crippen LogP contribution is 2.22. The zero-order valence-electron chi connectivity index (χ0n) is 11.7. The normalized spacial score (nSPS) is 11.3. The number of nitriles is 1. The maximum Gasteiger partial charge on any atom is 0.144 e. The maximum atomic E-state index is 9.21. The van der Waals surface area contributed by atoms with Gasteiger partial charge in [0, 0.05) is 11.9 Å². The van der Waals surface area contributed by atoms with Crippen LogP contribution in [0.2, 0.25) is 0 Å². The molecule has 98 valence electrons. The SMILES string of the molecule is CC(C)(C)CCNc1nc2ccccc2cc1C#N. The number of hydrogen-bond acceptors (Lipinski definition) is 3. The highest BCUT2D eigenvalue weighted by atomic mass is 15.0. The molecule has 0 aliphatic carbocycles. The predicted molar refractivity (Wildman–Crippen MR) is 79.0 cm³/mol. The molecule has 3 nitrogen and oxygen atoms in total. The molecule has 0 atom stereocenters. The van der Waals surface area contributed by atoms with Crippen molar-refractivity contribution in [1.82, 2.24) is 4.98 Å². The molecule has 0 saturated carbocycles. The Morgan fingerprint density at radius 2 is 2.00 bits per heavy atom. The number of benzene rings is 1. The van der Waals surface area contributed by atoms with Gasteiger partial charge in [-0.25, -0.2) is 4.98 Å². The molecule has 0 unspecified atom stereocenters. The number of para-hydroxylation sites is 1. The fourth-order valence-electron chi connectivity index (χ4n) is 1.89. The first kappa shape index (κ1) is 13.4. The average molecular weight is 253 g/mol. The minimum atomic E-state index is 0.274. The largest absolute Gasteiger partial charge is 0.369 e. The number of anilines is 1. The second-order valence-electron chi connectivity index (χ2n) is 5.93. The number of nitrogens with zero attached hydrogens (tertiary/aromatic N) is 2. The molecular weight excluding hydrogens is 234 g/mol. The van der Waals surface area contributed by atoms with Gasteiger partial charge in [-0.1, -0.05) is 39.0 Å². The second kappa shape index (κ2) is 5.27. The standard InChI is InChI=1S/C16H19N3/c1-16(2,3)8-9-18-15-13(11-17)10-12-6-4-5-7-14(12)19-15/h4-7,10H,8-9H2,1-3H3,(H,18,19). The Bertz CT molecular complexity index is 618. The highest BCUT2D eigenvalue weighted by molar-refractivity contribution is 5.82. The van der Waals surface area contributed by atoms with Crippen LogP contribution in [0.5, 0.6) is 0 Å². The van der Waals surface area contributed by atoms with Crippen LogP contribution in [0.4, 0.5) is 5.82 Å². The Morgan fingerprint density at radius 1 is 1.26 bits per heavy atom. The molecule has 1 N–H and O–H groups in total. The topological polar surface area (TPSA) is 48.7 Å². The quantitative estimate of drug-likeness (QED) is 0.900. The van der Waals surface area contributed by atoms with E-state index in [2.05, 4.69) is 37.1 Å². The Kier molecular flexibility index (Phi) is 3.71. The molecular formula is C16H19N3. The fourth-order valence-corrected chi connectivity index (χ4v) is 1.89. The van der Waals surface area contributed by atoms with E-state index < -0.39 is 0 Å².